The molecule has 0 saturated carbocycles. The number of aromatic nitrogens is 3. The molecule has 0 fully saturated rings. The largest absolute Gasteiger partial charge is 0.504 e. The molecule has 0 aliphatic carbocycles. The van der Waals surface area contributed by atoms with Crippen LogP contribution in [0.2, 0.25) is 0 Å². The maximum absolute atomic E-state index is 9.93. The van der Waals surface area contributed by atoms with Gasteiger partial charge in [0, 0.05) is 11.8 Å². The van der Waals surface area contributed by atoms with Crippen LogP contribution in [-0.2, 0) is 0 Å². The fourth-order valence-electron chi connectivity index (χ4n) is 3.81. The highest BCUT2D eigenvalue weighted by atomic mass is 32.1. The van der Waals surface area contributed by atoms with Gasteiger partial charge in [0.05, 0.1) is 16.3 Å². The standard InChI is InChI=1S/C25H20N6O2S/c1-14-22(25-30-21(15-5-3-2-4-6-15)23(34-25)24(27)28-13-26)31-12-17(8-10-20(31)29-14)16-7-9-18(32)19(33)11-16/h2-13,32-33H,1H3,(H3,26,27,28). The van der Waals surface area contributed by atoms with E-state index in [0.717, 1.165) is 40.1 Å². The fraction of sp³-hybridized carbons (Fsp3) is 0.0400. The molecule has 0 bridgehead atoms. The summed E-state index contributed by atoms with van der Waals surface area (Å²) in [6, 6.07) is 18.2. The van der Waals surface area contributed by atoms with Gasteiger partial charge in [-0.15, -0.1) is 11.3 Å². The maximum atomic E-state index is 9.93. The van der Waals surface area contributed by atoms with Crippen molar-refractivity contribution in [1.82, 2.24) is 14.4 Å². The predicted molar refractivity (Wildman–Crippen MR) is 135 cm³/mol. The molecule has 9 heteroatoms. The van der Waals surface area contributed by atoms with Gasteiger partial charge in [0.2, 0.25) is 0 Å². The van der Waals surface area contributed by atoms with Crippen LogP contribution in [0, 0.1) is 12.3 Å². The van der Waals surface area contributed by atoms with Crippen LogP contribution < -0.4 is 5.73 Å². The minimum absolute atomic E-state index is 0.170. The highest BCUT2D eigenvalue weighted by Crippen LogP contribution is 2.37. The van der Waals surface area contributed by atoms with E-state index in [1.165, 1.54) is 23.5 Å². The Morgan fingerprint density at radius 3 is 2.50 bits per heavy atom. The number of hydrogen-bond donors (Lipinski definition) is 4. The predicted octanol–water partition coefficient (Wildman–Crippen LogP) is 4.82. The molecule has 0 atom stereocenters. The number of nitrogens with one attached hydrogen (secondary N) is 1. The molecule has 0 spiro atoms. The summed E-state index contributed by atoms with van der Waals surface area (Å²) in [5.74, 6) is -0.126. The van der Waals surface area contributed by atoms with E-state index in [0.29, 0.717) is 15.6 Å². The van der Waals surface area contributed by atoms with Crippen LogP contribution in [0.25, 0.3) is 38.7 Å². The molecule has 2 aromatic carbocycles. The van der Waals surface area contributed by atoms with Crippen LogP contribution in [0.1, 0.15) is 10.6 Å². The summed E-state index contributed by atoms with van der Waals surface area (Å²) in [4.78, 5) is 14.3. The smallest absolute Gasteiger partial charge is 0.158 e. The van der Waals surface area contributed by atoms with Gasteiger partial charge in [0.1, 0.15) is 28.5 Å². The number of phenolic OH excluding ortho intramolecular Hbond substituents is 2. The number of benzene rings is 2. The molecule has 8 nitrogen and oxygen atoms in total. The molecule has 0 aliphatic rings. The Labute approximate surface area is 198 Å². The van der Waals surface area contributed by atoms with Crippen molar-refractivity contribution >= 4 is 29.2 Å². The molecule has 0 saturated heterocycles. The third kappa shape index (κ3) is 3.67. The number of nitrogens with two attached hydrogens (primary N) is 1. The van der Waals surface area contributed by atoms with Crippen molar-refractivity contribution < 1.29 is 10.2 Å². The quantitative estimate of drug-likeness (QED) is 0.167. The van der Waals surface area contributed by atoms with Crippen LogP contribution in [0.5, 0.6) is 11.5 Å². The molecule has 5 rings (SSSR count). The van der Waals surface area contributed by atoms with Crippen LogP contribution in [0.4, 0.5) is 0 Å². The van der Waals surface area contributed by atoms with Crippen molar-refractivity contribution in [2.75, 3.05) is 0 Å². The average Bonchev–Trinajstić information content (AvgIpc) is 3.41. The number of aryl methyl sites for hydroxylation is 1. The number of imidazole rings is 1. The highest BCUT2D eigenvalue weighted by molar-refractivity contribution is 7.17. The van der Waals surface area contributed by atoms with Gasteiger partial charge in [-0.05, 0) is 42.3 Å². The monoisotopic (exact) mass is 468 g/mol. The number of hydrogen-bond acceptors (Lipinski definition) is 6. The number of nitrogens with zero attached hydrogens (tertiary/aromatic N) is 4. The second kappa shape index (κ2) is 8.45. The Morgan fingerprint density at radius 2 is 1.76 bits per heavy atom. The lowest BCUT2D eigenvalue weighted by molar-refractivity contribution is 0.404. The molecule has 34 heavy (non-hydrogen) atoms. The van der Waals surface area contributed by atoms with Gasteiger partial charge < -0.3 is 15.9 Å². The first-order valence-corrected chi connectivity index (χ1v) is 11.2. The molecule has 5 N–H and O–H groups in total. The first-order chi connectivity index (χ1) is 16.5. The number of amidine groups is 1. The van der Waals surface area contributed by atoms with Crippen LogP contribution in [0.3, 0.4) is 0 Å². The second-order valence-electron chi connectivity index (χ2n) is 7.60. The molecule has 0 radical (unpaired) electrons. The third-order valence-electron chi connectivity index (χ3n) is 5.41. The second-order valence-corrected chi connectivity index (χ2v) is 8.60. The van der Waals surface area contributed by atoms with Crippen molar-refractivity contribution in [3.63, 3.8) is 0 Å². The Balaban J connectivity index is 1.71. The number of phenols is 2. The Morgan fingerprint density at radius 1 is 1.00 bits per heavy atom. The fourth-order valence-corrected chi connectivity index (χ4v) is 4.90. The zero-order valence-electron chi connectivity index (χ0n) is 18.1. The van der Waals surface area contributed by atoms with Crippen LogP contribution in [0.15, 0.2) is 71.9 Å². The number of pyridine rings is 1. The number of rotatable bonds is 5. The van der Waals surface area contributed by atoms with E-state index < -0.39 is 0 Å². The molecule has 0 unspecified atom stereocenters. The normalized spacial score (nSPS) is 11.7. The zero-order chi connectivity index (χ0) is 23.8. The third-order valence-corrected chi connectivity index (χ3v) is 6.50. The minimum atomic E-state index is -0.183. The Kier molecular flexibility index (Phi) is 5.31. The van der Waals surface area contributed by atoms with E-state index in [1.807, 2.05) is 60.0 Å². The number of thiazole rings is 1. The Hall–Kier alpha value is -4.50. The van der Waals surface area contributed by atoms with Gasteiger partial charge in [-0.2, -0.15) is 0 Å². The van der Waals surface area contributed by atoms with E-state index in [1.54, 1.807) is 6.07 Å². The van der Waals surface area contributed by atoms with E-state index in [9.17, 15) is 10.2 Å². The topological polar surface area (TPSA) is 133 Å². The molecular weight excluding hydrogens is 448 g/mol. The van der Waals surface area contributed by atoms with Gasteiger partial charge in [-0.1, -0.05) is 36.4 Å². The lowest BCUT2D eigenvalue weighted by atomic mass is 10.1. The zero-order valence-corrected chi connectivity index (χ0v) is 18.9. The first kappa shape index (κ1) is 21.4. The molecule has 3 aromatic heterocycles. The van der Waals surface area contributed by atoms with Crippen molar-refractivity contribution in [3.05, 3.63) is 77.4 Å². The lowest BCUT2D eigenvalue weighted by Crippen LogP contribution is -2.12. The summed E-state index contributed by atoms with van der Waals surface area (Å²) in [6.07, 6.45) is 2.84. The van der Waals surface area contributed by atoms with E-state index in [4.69, 9.17) is 21.1 Å². The highest BCUT2D eigenvalue weighted by Gasteiger charge is 2.21. The van der Waals surface area contributed by atoms with Gasteiger partial charge in [-0.3, -0.25) is 9.81 Å². The number of aromatic hydroxyl groups is 2. The number of fused-ring (bicyclic) bond motifs is 1. The molecule has 3 heterocycles. The minimum Gasteiger partial charge on any atom is -0.504 e. The van der Waals surface area contributed by atoms with Crippen molar-refractivity contribution in [3.8, 4) is 44.6 Å². The van der Waals surface area contributed by atoms with Crippen molar-refractivity contribution in [1.29, 1.82) is 5.41 Å². The van der Waals surface area contributed by atoms with Gasteiger partial charge in [-0.25, -0.2) is 15.0 Å². The van der Waals surface area contributed by atoms with Gasteiger partial charge in [0.25, 0.3) is 0 Å². The van der Waals surface area contributed by atoms with E-state index in [-0.39, 0.29) is 17.3 Å². The molecule has 0 aliphatic heterocycles. The van der Waals surface area contributed by atoms with E-state index >= 15 is 0 Å². The SMILES string of the molecule is Cc1nc2ccc(-c3ccc(O)c(O)c3)cn2c1-c1nc(-c2ccccc2)c(C(N)=NC=N)s1. The summed E-state index contributed by atoms with van der Waals surface area (Å²) in [7, 11) is 0. The van der Waals surface area contributed by atoms with Crippen LogP contribution in [-0.4, -0.2) is 36.8 Å². The average molecular weight is 469 g/mol. The summed E-state index contributed by atoms with van der Waals surface area (Å²) in [6.45, 7) is 1.92. The maximum Gasteiger partial charge on any atom is 0.158 e. The molecular formula is C25H20N6O2S. The van der Waals surface area contributed by atoms with Crippen molar-refractivity contribution in [2.24, 2.45) is 10.7 Å². The van der Waals surface area contributed by atoms with Gasteiger partial charge >= 0.3 is 0 Å². The lowest BCUT2D eigenvalue weighted by Gasteiger charge is -2.06. The van der Waals surface area contributed by atoms with E-state index in [2.05, 4.69) is 4.99 Å². The summed E-state index contributed by atoms with van der Waals surface area (Å²) in [5, 5.41) is 27.6. The number of aliphatic imine (C=N–C) groups is 1. The summed E-state index contributed by atoms with van der Waals surface area (Å²) in [5.41, 5.74) is 11.7. The molecule has 5 aromatic rings. The van der Waals surface area contributed by atoms with Crippen molar-refractivity contribution in [2.45, 2.75) is 6.92 Å². The molecule has 168 valence electrons. The molecule has 0 amide bonds. The first-order valence-electron chi connectivity index (χ1n) is 10.4. The Bertz CT molecular complexity index is 1570. The summed E-state index contributed by atoms with van der Waals surface area (Å²) >= 11 is 1.39. The summed E-state index contributed by atoms with van der Waals surface area (Å²) < 4.78 is 1.95. The van der Waals surface area contributed by atoms with Crippen LogP contribution >= 0.6 is 11.3 Å². The van der Waals surface area contributed by atoms with Gasteiger partial charge in [0.15, 0.2) is 11.5 Å².